The van der Waals surface area contributed by atoms with Crippen LogP contribution in [-0.4, -0.2) is 17.6 Å². The second kappa shape index (κ2) is 5.67. The summed E-state index contributed by atoms with van der Waals surface area (Å²) in [5.74, 6) is 0.205. The van der Waals surface area contributed by atoms with Crippen LogP contribution in [0.3, 0.4) is 0 Å². The Morgan fingerprint density at radius 1 is 1.44 bits per heavy atom. The Kier molecular flexibility index (Phi) is 4.19. The van der Waals surface area contributed by atoms with Crippen LogP contribution in [0.25, 0.3) is 11.1 Å². The molecule has 5 heteroatoms. The van der Waals surface area contributed by atoms with Crippen LogP contribution in [0.1, 0.15) is 26.2 Å². The van der Waals surface area contributed by atoms with E-state index in [0.29, 0.717) is 29.5 Å². The summed E-state index contributed by atoms with van der Waals surface area (Å²) in [7, 11) is 0. The summed E-state index contributed by atoms with van der Waals surface area (Å²) in [6.07, 6.45) is 1.64. The van der Waals surface area contributed by atoms with Crippen LogP contribution in [0, 0.1) is 5.82 Å². The molecule has 2 rings (SSSR count). The number of fused-ring (bicyclic) bond motifs is 1. The van der Waals surface area contributed by atoms with Gasteiger partial charge in [-0.25, -0.2) is 9.37 Å². The number of nitrogens with one attached hydrogen (secondary N) is 1. The van der Waals surface area contributed by atoms with Gasteiger partial charge in [0.2, 0.25) is 0 Å². The first-order valence-electron chi connectivity index (χ1n) is 6.04. The Hall–Kier alpha value is -1.13. The molecule has 1 aromatic carbocycles. The minimum atomic E-state index is -0.395. The highest BCUT2D eigenvalue weighted by Gasteiger charge is 2.10. The van der Waals surface area contributed by atoms with Crippen molar-refractivity contribution < 1.29 is 8.81 Å². The fraction of sp³-hybridized carbons (Fsp3) is 0.462. The fourth-order valence-corrected chi connectivity index (χ4v) is 1.98. The quantitative estimate of drug-likeness (QED) is 0.845. The van der Waals surface area contributed by atoms with Gasteiger partial charge in [-0.15, -0.1) is 0 Å². The maximum atomic E-state index is 13.1. The molecule has 0 radical (unpaired) electrons. The Morgan fingerprint density at radius 2 is 2.22 bits per heavy atom. The number of halogens is 2. The lowest BCUT2D eigenvalue weighted by Gasteiger charge is -2.05. The molecule has 1 heterocycles. The van der Waals surface area contributed by atoms with E-state index in [0.717, 1.165) is 13.0 Å². The number of benzene rings is 1. The van der Waals surface area contributed by atoms with E-state index in [1.165, 1.54) is 12.1 Å². The second-order valence-electron chi connectivity index (χ2n) is 4.56. The Labute approximate surface area is 110 Å². The van der Waals surface area contributed by atoms with Crippen molar-refractivity contribution >= 4 is 22.7 Å². The standard InChI is InChI=1S/C13H16ClFN2O/c1-8(2)16-5-3-4-12-17-11-7-9(15)6-10(14)13(11)18-12/h6-8,16H,3-5H2,1-2H3. The zero-order valence-electron chi connectivity index (χ0n) is 10.5. The molecule has 0 amide bonds. The number of oxazole rings is 1. The van der Waals surface area contributed by atoms with Gasteiger partial charge in [0, 0.05) is 18.5 Å². The van der Waals surface area contributed by atoms with Crippen molar-refractivity contribution in [1.82, 2.24) is 10.3 Å². The number of aryl methyl sites for hydroxylation is 1. The molecule has 0 aliphatic carbocycles. The molecule has 0 aliphatic heterocycles. The number of rotatable bonds is 5. The number of hydrogen-bond acceptors (Lipinski definition) is 3. The molecule has 0 atom stereocenters. The predicted octanol–water partition coefficient (Wildman–Crippen LogP) is 3.55. The van der Waals surface area contributed by atoms with Gasteiger partial charge >= 0.3 is 0 Å². The van der Waals surface area contributed by atoms with Gasteiger partial charge in [-0.1, -0.05) is 25.4 Å². The van der Waals surface area contributed by atoms with E-state index in [1.54, 1.807) is 0 Å². The van der Waals surface area contributed by atoms with E-state index in [1.807, 2.05) is 0 Å². The van der Waals surface area contributed by atoms with Crippen molar-refractivity contribution in [3.8, 4) is 0 Å². The molecule has 0 unspecified atom stereocenters. The third-order valence-electron chi connectivity index (χ3n) is 2.57. The molecule has 0 fully saturated rings. The summed E-state index contributed by atoms with van der Waals surface area (Å²) < 4.78 is 18.6. The molecule has 0 saturated heterocycles. The summed E-state index contributed by atoms with van der Waals surface area (Å²) in [4.78, 5) is 4.23. The van der Waals surface area contributed by atoms with Crippen molar-refractivity contribution in [1.29, 1.82) is 0 Å². The first-order valence-corrected chi connectivity index (χ1v) is 6.42. The molecule has 18 heavy (non-hydrogen) atoms. The van der Waals surface area contributed by atoms with E-state index in [2.05, 4.69) is 24.1 Å². The second-order valence-corrected chi connectivity index (χ2v) is 4.96. The SMILES string of the molecule is CC(C)NCCCc1nc2cc(F)cc(Cl)c2o1. The number of hydrogen-bond donors (Lipinski definition) is 1. The molecule has 2 aromatic rings. The average molecular weight is 271 g/mol. The average Bonchev–Trinajstić information content (AvgIpc) is 2.67. The van der Waals surface area contributed by atoms with Gasteiger partial charge in [0.1, 0.15) is 11.3 Å². The maximum absolute atomic E-state index is 13.1. The summed E-state index contributed by atoms with van der Waals surface area (Å²) in [5.41, 5.74) is 0.941. The monoisotopic (exact) mass is 270 g/mol. The number of nitrogens with zero attached hydrogens (tertiary/aromatic N) is 1. The summed E-state index contributed by atoms with van der Waals surface area (Å²) >= 11 is 5.89. The minimum Gasteiger partial charge on any atom is -0.439 e. The highest BCUT2D eigenvalue weighted by atomic mass is 35.5. The van der Waals surface area contributed by atoms with Crippen LogP contribution >= 0.6 is 11.6 Å². The third-order valence-corrected chi connectivity index (χ3v) is 2.85. The van der Waals surface area contributed by atoms with Crippen LogP contribution in [0.2, 0.25) is 5.02 Å². The molecule has 3 nitrogen and oxygen atoms in total. The maximum Gasteiger partial charge on any atom is 0.195 e. The van der Waals surface area contributed by atoms with Crippen LogP contribution in [0.4, 0.5) is 4.39 Å². The molecular weight excluding hydrogens is 255 g/mol. The third kappa shape index (κ3) is 3.21. The van der Waals surface area contributed by atoms with Crippen LogP contribution in [-0.2, 0) is 6.42 Å². The van der Waals surface area contributed by atoms with E-state index in [-0.39, 0.29) is 5.02 Å². The van der Waals surface area contributed by atoms with Crippen molar-refractivity contribution in [2.45, 2.75) is 32.7 Å². The topological polar surface area (TPSA) is 38.1 Å². The van der Waals surface area contributed by atoms with Gasteiger partial charge in [0.05, 0.1) is 5.02 Å². The van der Waals surface area contributed by atoms with Crippen molar-refractivity contribution in [3.05, 3.63) is 28.9 Å². The molecule has 98 valence electrons. The van der Waals surface area contributed by atoms with E-state index < -0.39 is 5.82 Å². The lowest BCUT2D eigenvalue weighted by molar-refractivity contribution is 0.500. The predicted molar refractivity (Wildman–Crippen MR) is 70.4 cm³/mol. The zero-order chi connectivity index (χ0) is 13.1. The molecule has 1 N–H and O–H groups in total. The van der Waals surface area contributed by atoms with Crippen molar-refractivity contribution in [2.24, 2.45) is 0 Å². The molecular formula is C13H16ClFN2O. The van der Waals surface area contributed by atoms with Crippen molar-refractivity contribution in [2.75, 3.05) is 6.54 Å². The van der Waals surface area contributed by atoms with Crippen LogP contribution in [0.5, 0.6) is 0 Å². The zero-order valence-corrected chi connectivity index (χ0v) is 11.2. The van der Waals surface area contributed by atoms with Gasteiger partial charge in [-0.2, -0.15) is 0 Å². The fourth-order valence-electron chi connectivity index (χ4n) is 1.74. The Morgan fingerprint density at radius 3 is 2.94 bits per heavy atom. The lowest BCUT2D eigenvalue weighted by atomic mass is 10.3. The highest BCUT2D eigenvalue weighted by Crippen LogP contribution is 2.26. The largest absolute Gasteiger partial charge is 0.439 e. The molecule has 0 saturated carbocycles. The number of aromatic nitrogens is 1. The van der Waals surface area contributed by atoms with Gasteiger partial charge in [0.15, 0.2) is 11.5 Å². The van der Waals surface area contributed by atoms with Crippen molar-refractivity contribution in [3.63, 3.8) is 0 Å². The van der Waals surface area contributed by atoms with E-state index in [9.17, 15) is 4.39 Å². The molecule has 0 bridgehead atoms. The Balaban J connectivity index is 2.04. The molecule has 0 aliphatic rings. The first-order chi connectivity index (χ1) is 8.56. The summed E-state index contributed by atoms with van der Waals surface area (Å²) in [5, 5.41) is 3.58. The van der Waals surface area contributed by atoms with Gasteiger partial charge in [-0.05, 0) is 19.0 Å². The Bertz CT molecular complexity index is 539. The normalized spacial score (nSPS) is 11.6. The molecule has 1 aromatic heterocycles. The lowest BCUT2D eigenvalue weighted by Crippen LogP contribution is -2.23. The van der Waals surface area contributed by atoms with Gasteiger partial charge in [0.25, 0.3) is 0 Å². The minimum absolute atomic E-state index is 0.268. The first kappa shape index (κ1) is 13.3. The van der Waals surface area contributed by atoms with Crippen LogP contribution < -0.4 is 5.32 Å². The van der Waals surface area contributed by atoms with E-state index >= 15 is 0 Å². The summed E-state index contributed by atoms with van der Waals surface area (Å²) in [6, 6.07) is 3.04. The van der Waals surface area contributed by atoms with Crippen LogP contribution in [0.15, 0.2) is 16.5 Å². The van der Waals surface area contributed by atoms with Gasteiger partial charge in [-0.3, -0.25) is 0 Å². The summed E-state index contributed by atoms with van der Waals surface area (Å²) in [6.45, 7) is 5.10. The smallest absolute Gasteiger partial charge is 0.195 e. The van der Waals surface area contributed by atoms with E-state index in [4.69, 9.17) is 16.0 Å². The van der Waals surface area contributed by atoms with Gasteiger partial charge < -0.3 is 9.73 Å². The molecule has 0 spiro atoms. The highest BCUT2D eigenvalue weighted by molar-refractivity contribution is 6.34.